The van der Waals surface area contributed by atoms with Crippen molar-refractivity contribution in [2.24, 2.45) is 5.92 Å². The van der Waals surface area contributed by atoms with Gasteiger partial charge in [0, 0.05) is 10.7 Å². The van der Waals surface area contributed by atoms with Gasteiger partial charge >= 0.3 is 0 Å². The van der Waals surface area contributed by atoms with Crippen LogP contribution >= 0.6 is 23.2 Å². The zero-order chi connectivity index (χ0) is 19.3. The van der Waals surface area contributed by atoms with Gasteiger partial charge in [-0.2, -0.15) is 0 Å². The normalized spacial score (nSPS) is 11.9. The number of hydrogen-bond donors (Lipinski definition) is 2. The number of benzene rings is 2. The number of halogens is 3. The number of nitrogens with one attached hydrogen (secondary N) is 2. The lowest BCUT2D eigenvalue weighted by Crippen LogP contribution is -2.44. The van der Waals surface area contributed by atoms with Gasteiger partial charge in [-0.1, -0.05) is 37.0 Å². The minimum atomic E-state index is -0.765. The quantitative estimate of drug-likeness (QED) is 0.727. The Morgan fingerprint density at radius 3 is 2.31 bits per heavy atom. The van der Waals surface area contributed by atoms with Crippen LogP contribution < -0.4 is 10.6 Å². The highest BCUT2D eigenvalue weighted by atomic mass is 35.5. The first-order valence-corrected chi connectivity index (χ1v) is 8.84. The maximum Gasteiger partial charge on any atom is 0.253 e. The van der Waals surface area contributed by atoms with Crippen molar-refractivity contribution in [3.8, 4) is 0 Å². The van der Waals surface area contributed by atoms with Gasteiger partial charge in [-0.05, 0) is 54.8 Å². The minimum Gasteiger partial charge on any atom is -0.340 e. The highest BCUT2D eigenvalue weighted by Crippen LogP contribution is 2.21. The summed E-state index contributed by atoms with van der Waals surface area (Å²) in [5.41, 5.74) is 0.684. The predicted octanol–water partition coefficient (Wildman–Crippen LogP) is 4.92. The van der Waals surface area contributed by atoms with Crippen LogP contribution in [0.25, 0.3) is 0 Å². The van der Waals surface area contributed by atoms with Crippen LogP contribution in [0.2, 0.25) is 10.0 Å². The molecule has 0 aromatic heterocycles. The van der Waals surface area contributed by atoms with Crippen molar-refractivity contribution in [1.29, 1.82) is 0 Å². The van der Waals surface area contributed by atoms with Crippen LogP contribution in [0, 0.1) is 11.7 Å². The van der Waals surface area contributed by atoms with Crippen molar-refractivity contribution in [3.63, 3.8) is 0 Å². The summed E-state index contributed by atoms with van der Waals surface area (Å²) >= 11 is 11.9. The van der Waals surface area contributed by atoms with E-state index in [-0.39, 0.29) is 22.4 Å². The smallest absolute Gasteiger partial charge is 0.253 e. The van der Waals surface area contributed by atoms with Gasteiger partial charge in [0.25, 0.3) is 5.91 Å². The molecule has 7 heteroatoms. The molecule has 2 aromatic rings. The van der Waals surface area contributed by atoms with Crippen LogP contribution in [0.4, 0.5) is 10.1 Å². The Bertz CT molecular complexity index is 795. The Morgan fingerprint density at radius 1 is 1.08 bits per heavy atom. The molecular formula is C19H19Cl2FN2O2. The van der Waals surface area contributed by atoms with Crippen molar-refractivity contribution in [3.05, 3.63) is 63.9 Å². The van der Waals surface area contributed by atoms with E-state index in [1.165, 1.54) is 36.4 Å². The molecule has 0 aliphatic heterocycles. The third-order valence-corrected chi connectivity index (χ3v) is 4.16. The number of amides is 2. The maximum absolute atomic E-state index is 13.0. The van der Waals surface area contributed by atoms with Crippen LogP contribution in [0.1, 0.15) is 30.6 Å². The Hall–Kier alpha value is -2.11. The molecule has 0 aliphatic rings. The van der Waals surface area contributed by atoms with Crippen LogP contribution in [0.3, 0.4) is 0 Å². The third-order valence-electron chi connectivity index (χ3n) is 3.62. The van der Waals surface area contributed by atoms with E-state index in [4.69, 9.17) is 23.2 Å². The highest BCUT2D eigenvalue weighted by molar-refractivity contribution is 6.36. The molecule has 1 unspecified atom stereocenters. The summed E-state index contributed by atoms with van der Waals surface area (Å²) in [4.78, 5) is 25.1. The van der Waals surface area contributed by atoms with Crippen LogP contribution in [-0.4, -0.2) is 17.9 Å². The van der Waals surface area contributed by atoms with Crippen LogP contribution in [0.15, 0.2) is 42.5 Å². The van der Waals surface area contributed by atoms with E-state index < -0.39 is 17.8 Å². The fraction of sp³-hybridized carbons (Fsp3) is 0.263. The SMILES string of the molecule is CC(C)CC(NC(=O)c1ccc(Cl)cc1Cl)C(=O)Nc1ccc(F)cc1. The molecule has 0 aliphatic carbocycles. The molecule has 1 atom stereocenters. The van der Waals surface area contributed by atoms with Crippen LogP contribution in [-0.2, 0) is 4.79 Å². The molecule has 26 heavy (non-hydrogen) atoms. The second kappa shape index (κ2) is 9.01. The molecule has 2 N–H and O–H groups in total. The lowest BCUT2D eigenvalue weighted by molar-refractivity contribution is -0.118. The first-order chi connectivity index (χ1) is 12.3. The van der Waals surface area contributed by atoms with E-state index in [0.717, 1.165) is 0 Å². The lowest BCUT2D eigenvalue weighted by Gasteiger charge is -2.20. The van der Waals surface area contributed by atoms with Crippen molar-refractivity contribution in [2.45, 2.75) is 26.3 Å². The molecule has 0 saturated carbocycles. The molecule has 0 heterocycles. The molecule has 0 radical (unpaired) electrons. The molecule has 0 fully saturated rings. The summed E-state index contributed by atoms with van der Waals surface area (Å²) in [7, 11) is 0. The lowest BCUT2D eigenvalue weighted by atomic mass is 10.0. The van der Waals surface area contributed by atoms with Gasteiger partial charge in [0.05, 0.1) is 10.6 Å². The van der Waals surface area contributed by atoms with Crippen molar-refractivity contribution in [1.82, 2.24) is 5.32 Å². The standard InChI is InChI=1S/C19H19Cl2FN2O2/c1-11(2)9-17(19(26)23-14-6-4-13(22)5-7-14)24-18(25)15-8-3-12(20)10-16(15)21/h3-8,10-11,17H,9H2,1-2H3,(H,23,26)(H,24,25). The summed E-state index contributed by atoms with van der Waals surface area (Å²) in [6.07, 6.45) is 0.435. The molecule has 0 saturated heterocycles. The topological polar surface area (TPSA) is 58.2 Å². The molecule has 2 amide bonds. The molecule has 138 valence electrons. The molecule has 0 bridgehead atoms. The largest absolute Gasteiger partial charge is 0.340 e. The number of anilines is 1. The zero-order valence-electron chi connectivity index (χ0n) is 14.4. The average Bonchev–Trinajstić information content (AvgIpc) is 2.55. The van der Waals surface area contributed by atoms with Gasteiger partial charge < -0.3 is 10.6 Å². The Balaban J connectivity index is 2.14. The Labute approximate surface area is 161 Å². The fourth-order valence-corrected chi connectivity index (χ4v) is 2.87. The van der Waals surface area contributed by atoms with E-state index in [1.54, 1.807) is 6.07 Å². The van der Waals surface area contributed by atoms with Gasteiger partial charge in [-0.25, -0.2) is 4.39 Å². The minimum absolute atomic E-state index is 0.167. The molecule has 2 rings (SSSR count). The Morgan fingerprint density at radius 2 is 1.73 bits per heavy atom. The van der Waals surface area contributed by atoms with Gasteiger partial charge in [0.15, 0.2) is 0 Å². The third kappa shape index (κ3) is 5.71. The summed E-state index contributed by atoms with van der Waals surface area (Å²) in [6, 6.07) is 9.17. The van der Waals surface area contributed by atoms with E-state index in [1.807, 2.05) is 13.8 Å². The number of carbonyl (C=O) groups excluding carboxylic acids is 2. The summed E-state index contributed by atoms with van der Waals surface area (Å²) in [5.74, 6) is -1.08. The number of carbonyl (C=O) groups is 2. The van der Waals surface area contributed by atoms with Crippen molar-refractivity contribution >= 4 is 40.7 Å². The summed E-state index contributed by atoms with van der Waals surface area (Å²) in [6.45, 7) is 3.89. The number of hydrogen-bond acceptors (Lipinski definition) is 2. The van der Waals surface area contributed by atoms with Crippen molar-refractivity contribution < 1.29 is 14.0 Å². The van der Waals surface area contributed by atoms with E-state index in [0.29, 0.717) is 17.1 Å². The van der Waals surface area contributed by atoms with Crippen LogP contribution in [0.5, 0.6) is 0 Å². The first kappa shape index (κ1) is 20.2. The van der Waals surface area contributed by atoms with E-state index in [2.05, 4.69) is 10.6 Å². The molecular weight excluding hydrogens is 378 g/mol. The molecule has 0 spiro atoms. The summed E-state index contributed by atoms with van der Waals surface area (Å²) in [5, 5.41) is 6.01. The predicted molar refractivity (Wildman–Crippen MR) is 102 cm³/mol. The monoisotopic (exact) mass is 396 g/mol. The average molecular weight is 397 g/mol. The van der Waals surface area contributed by atoms with Gasteiger partial charge in [-0.3, -0.25) is 9.59 Å². The van der Waals surface area contributed by atoms with Crippen molar-refractivity contribution in [2.75, 3.05) is 5.32 Å². The summed E-state index contributed by atoms with van der Waals surface area (Å²) < 4.78 is 13.0. The van der Waals surface area contributed by atoms with Gasteiger partial charge in [0.1, 0.15) is 11.9 Å². The maximum atomic E-state index is 13.0. The van der Waals surface area contributed by atoms with Gasteiger partial charge in [-0.15, -0.1) is 0 Å². The second-order valence-corrected chi connectivity index (χ2v) is 7.12. The number of rotatable bonds is 6. The molecule has 4 nitrogen and oxygen atoms in total. The first-order valence-electron chi connectivity index (χ1n) is 8.08. The zero-order valence-corrected chi connectivity index (χ0v) is 15.9. The van der Waals surface area contributed by atoms with E-state index >= 15 is 0 Å². The Kier molecular flexibility index (Phi) is 7.00. The fourth-order valence-electron chi connectivity index (χ4n) is 2.38. The van der Waals surface area contributed by atoms with Gasteiger partial charge in [0.2, 0.25) is 5.91 Å². The second-order valence-electron chi connectivity index (χ2n) is 6.28. The molecule has 2 aromatic carbocycles. The highest BCUT2D eigenvalue weighted by Gasteiger charge is 2.23. The van der Waals surface area contributed by atoms with E-state index in [9.17, 15) is 14.0 Å².